The fraction of sp³-hybridized carbons (Fsp3) is 0.667. The SMILES string of the molecule is COCCNCC(=O)NCCN1CCN(c2ncccn2)CC1. The van der Waals surface area contributed by atoms with Crippen LogP contribution in [0.5, 0.6) is 0 Å². The number of anilines is 1. The first-order valence-electron chi connectivity index (χ1n) is 8.00. The summed E-state index contributed by atoms with van der Waals surface area (Å²) in [5, 5.41) is 5.95. The fourth-order valence-electron chi connectivity index (χ4n) is 2.42. The van der Waals surface area contributed by atoms with Gasteiger partial charge in [-0.05, 0) is 6.07 Å². The number of hydrogen-bond acceptors (Lipinski definition) is 7. The number of nitrogens with zero attached hydrogens (tertiary/aromatic N) is 4. The molecule has 1 saturated heterocycles. The Morgan fingerprint density at radius 1 is 1.22 bits per heavy atom. The van der Waals surface area contributed by atoms with Crippen LogP contribution in [-0.4, -0.2) is 86.8 Å². The molecule has 2 N–H and O–H groups in total. The summed E-state index contributed by atoms with van der Waals surface area (Å²) in [5.74, 6) is 0.819. The second kappa shape index (κ2) is 10.1. The molecule has 0 aromatic carbocycles. The molecule has 0 spiro atoms. The number of amides is 1. The molecule has 1 aromatic heterocycles. The predicted molar refractivity (Wildman–Crippen MR) is 88.4 cm³/mol. The lowest BCUT2D eigenvalue weighted by Crippen LogP contribution is -2.49. The third-order valence-electron chi connectivity index (χ3n) is 3.73. The number of aromatic nitrogens is 2. The zero-order chi connectivity index (χ0) is 16.3. The minimum atomic E-state index is 0.0254. The van der Waals surface area contributed by atoms with Crippen molar-refractivity contribution in [3.63, 3.8) is 0 Å². The van der Waals surface area contributed by atoms with Crippen LogP contribution < -0.4 is 15.5 Å². The summed E-state index contributed by atoms with van der Waals surface area (Å²) in [6.07, 6.45) is 3.54. The van der Waals surface area contributed by atoms with Gasteiger partial charge in [-0.1, -0.05) is 0 Å². The third-order valence-corrected chi connectivity index (χ3v) is 3.73. The van der Waals surface area contributed by atoms with E-state index in [-0.39, 0.29) is 5.91 Å². The molecule has 0 bridgehead atoms. The first-order valence-corrected chi connectivity index (χ1v) is 8.00. The Hall–Kier alpha value is -1.77. The minimum Gasteiger partial charge on any atom is -0.383 e. The fourth-order valence-corrected chi connectivity index (χ4v) is 2.42. The highest BCUT2D eigenvalue weighted by Crippen LogP contribution is 2.08. The highest BCUT2D eigenvalue weighted by atomic mass is 16.5. The van der Waals surface area contributed by atoms with Crippen LogP contribution >= 0.6 is 0 Å². The van der Waals surface area contributed by atoms with Gasteiger partial charge in [0.15, 0.2) is 0 Å². The molecule has 2 rings (SSSR count). The largest absolute Gasteiger partial charge is 0.383 e. The molecule has 8 heteroatoms. The Labute approximate surface area is 137 Å². The van der Waals surface area contributed by atoms with Crippen LogP contribution in [0.1, 0.15) is 0 Å². The van der Waals surface area contributed by atoms with E-state index in [1.54, 1.807) is 19.5 Å². The third kappa shape index (κ3) is 6.47. The van der Waals surface area contributed by atoms with Gasteiger partial charge in [-0.2, -0.15) is 0 Å². The van der Waals surface area contributed by atoms with E-state index in [0.717, 1.165) is 38.7 Å². The average Bonchev–Trinajstić information content (AvgIpc) is 2.60. The number of rotatable bonds is 9. The molecule has 1 aliphatic heterocycles. The Balaban J connectivity index is 1.55. The summed E-state index contributed by atoms with van der Waals surface area (Å²) in [7, 11) is 1.64. The maximum atomic E-state index is 11.6. The van der Waals surface area contributed by atoms with Gasteiger partial charge in [0.25, 0.3) is 0 Å². The standard InChI is InChI=1S/C15H26N6O2/c1-23-12-6-16-13-14(22)17-5-7-20-8-10-21(11-9-20)15-18-3-2-4-19-15/h2-4,16H,5-13H2,1H3,(H,17,22). The van der Waals surface area contributed by atoms with Crippen LogP contribution in [-0.2, 0) is 9.53 Å². The van der Waals surface area contributed by atoms with Crippen molar-refractivity contribution in [2.75, 3.05) is 71.0 Å². The van der Waals surface area contributed by atoms with Gasteiger partial charge in [0, 0.05) is 65.3 Å². The Kier molecular flexibility index (Phi) is 7.71. The van der Waals surface area contributed by atoms with E-state index in [1.165, 1.54) is 0 Å². The van der Waals surface area contributed by atoms with Crippen LogP contribution in [0.2, 0.25) is 0 Å². The predicted octanol–water partition coefficient (Wildman–Crippen LogP) is -1.05. The first-order chi connectivity index (χ1) is 11.3. The maximum absolute atomic E-state index is 11.6. The number of methoxy groups -OCH3 is 1. The lowest BCUT2D eigenvalue weighted by atomic mass is 10.3. The molecule has 0 atom stereocenters. The van der Waals surface area contributed by atoms with E-state index in [1.807, 2.05) is 6.07 Å². The van der Waals surface area contributed by atoms with Crippen molar-refractivity contribution >= 4 is 11.9 Å². The Morgan fingerprint density at radius 3 is 2.65 bits per heavy atom. The van der Waals surface area contributed by atoms with E-state index in [4.69, 9.17) is 4.74 Å². The summed E-state index contributed by atoms with van der Waals surface area (Å²) in [6.45, 7) is 6.92. The van der Waals surface area contributed by atoms with Crippen LogP contribution in [0.25, 0.3) is 0 Å². The number of ether oxygens (including phenoxy) is 1. The summed E-state index contributed by atoms with van der Waals surface area (Å²) < 4.78 is 4.91. The van der Waals surface area contributed by atoms with Gasteiger partial charge < -0.3 is 20.3 Å². The van der Waals surface area contributed by atoms with Gasteiger partial charge in [0.1, 0.15) is 0 Å². The zero-order valence-electron chi connectivity index (χ0n) is 13.7. The van der Waals surface area contributed by atoms with E-state index < -0.39 is 0 Å². The topological polar surface area (TPSA) is 82.6 Å². The summed E-state index contributed by atoms with van der Waals surface area (Å²) in [5.41, 5.74) is 0. The monoisotopic (exact) mass is 322 g/mol. The molecule has 128 valence electrons. The molecular weight excluding hydrogens is 296 g/mol. The second-order valence-electron chi connectivity index (χ2n) is 5.40. The van der Waals surface area contributed by atoms with E-state index in [9.17, 15) is 4.79 Å². The molecular formula is C15H26N6O2. The van der Waals surface area contributed by atoms with Crippen molar-refractivity contribution in [3.8, 4) is 0 Å². The molecule has 0 unspecified atom stereocenters. The van der Waals surface area contributed by atoms with Crippen molar-refractivity contribution in [2.45, 2.75) is 0 Å². The van der Waals surface area contributed by atoms with Gasteiger partial charge >= 0.3 is 0 Å². The molecule has 2 heterocycles. The Bertz CT molecular complexity index is 451. The number of nitrogens with one attached hydrogen (secondary N) is 2. The van der Waals surface area contributed by atoms with Gasteiger partial charge in [0.2, 0.25) is 11.9 Å². The summed E-state index contributed by atoms with van der Waals surface area (Å²) >= 11 is 0. The van der Waals surface area contributed by atoms with Crippen molar-refractivity contribution in [3.05, 3.63) is 18.5 Å². The van der Waals surface area contributed by atoms with Crippen molar-refractivity contribution in [2.24, 2.45) is 0 Å². The zero-order valence-corrected chi connectivity index (χ0v) is 13.7. The maximum Gasteiger partial charge on any atom is 0.234 e. The van der Waals surface area contributed by atoms with E-state index >= 15 is 0 Å². The lowest BCUT2D eigenvalue weighted by Gasteiger charge is -2.34. The number of carbonyl (C=O) groups excluding carboxylic acids is 1. The quantitative estimate of drug-likeness (QED) is 0.561. The number of carbonyl (C=O) groups is 1. The minimum absolute atomic E-state index is 0.0254. The van der Waals surface area contributed by atoms with E-state index in [0.29, 0.717) is 26.2 Å². The lowest BCUT2D eigenvalue weighted by molar-refractivity contribution is -0.120. The highest BCUT2D eigenvalue weighted by molar-refractivity contribution is 5.77. The molecule has 0 saturated carbocycles. The van der Waals surface area contributed by atoms with Crippen LogP contribution in [0.15, 0.2) is 18.5 Å². The average molecular weight is 322 g/mol. The molecule has 1 fully saturated rings. The number of piperazine rings is 1. The molecule has 0 radical (unpaired) electrons. The molecule has 0 aliphatic carbocycles. The normalized spacial score (nSPS) is 15.6. The smallest absolute Gasteiger partial charge is 0.234 e. The summed E-state index contributed by atoms with van der Waals surface area (Å²) in [4.78, 5) is 24.7. The van der Waals surface area contributed by atoms with Gasteiger partial charge in [0.05, 0.1) is 13.2 Å². The van der Waals surface area contributed by atoms with Crippen LogP contribution in [0, 0.1) is 0 Å². The molecule has 23 heavy (non-hydrogen) atoms. The van der Waals surface area contributed by atoms with Gasteiger partial charge in [-0.25, -0.2) is 9.97 Å². The van der Waals surface area contributed by atoms with Gasteiger partial charge in [-0.3, -0.25) is 9.69 Å². The van der Waals surface area contributed by atoms with Crippen LogP contribution in [0.3, 0.4) is 0 Å². The highest BCUT2D eigenvalue weighted by Gasteiger charge is 2.18. The Morgan fingerprint density at radius 2 is 1.96 bits per heavy atom. The molecule has 1 amide bonds. The molecule has 1 aliphatic rings. The molecule has 8 nitrogen and oxygen atoms in total. The second-order valence-corrected chi connectivity index (χ2v) is 5.40. The van der Waals surface area contributed by atoms with Crippen LogP contribution in [0.4, 0.5) is 5.95 Å². The number of hydrogen-bond donors (Lipinski definition) is 2. The summed E-state index contributed by atoms with van der Waals surface area (Å²) in [6, 6.07) is 1.83. The molecule has 1 aromatic rings. The van der Waals surface area contributed by atoms with Crippen molar-refractivity contribution in [1.82, 2.24) is 25.5 Å². The van der Waals surface area contributed by atoms with Crippen molar-refractivity contribution in [1.29, 1.82) is 0 Å². The van der Waals surface area contributed by atoms with E-state index in [2.05, 4.69) is 30.4 Å². The van der Waals surface area contributed by atoms with Gasteiger partial charge in [-0.15, -0.1) is 0 Å². The van der Waals surface area contributed by atoms with Crippen molar-refractivity contribution < 1.29 is 9.53 Å². The first kappa shape index (κ1) is 17.6.